The highest BCUT2D eigenvalue weighted by Crippen LogP contribution is 2.28. The maximum absolute atomic E-state index is 12.3. The predicted molar refractivity (Wildman–Crippen MR) is 93.6 cm³/mol. The number of H-pyrrole nitrogens is 1. The summed E-state index contributed by atoms with van der Waals surface area (Å²) in [6.45, 7) is 0. The minimum Gasteiger partial charge on any atom is -0.351 e. The monoisotopic (exact) mass is 371 g/mol. The molecule has 4 aromatic rings. The fraction of sp³-hybridized carbons (Fsp3) is 0. The average molecular weight is 372 g/mol. The van der Waals surface area contributed by atoms with Crippen molar-refractivity contribution in [2.75, 3.05) is 5.32 Å². The SMILES string of the molecule is O=C(Nc1nc2cc(Br)ccc2s1)c1cc2ccccc2[nH]1. The lowest BCUT2D eigenvalue weighted by atomic mass is 10.2. The Morgan fingerprint density at radius 3 is 2.91 bits per heavy atom. The van der Waals surface area contributed by atoms with Crippen LogP contribution in [-0.2, 0) is 0 Å². The summed E-state index contributed by atoms with van der Waals surface area (Å²) in [7, 11) is 0. The lowest BCUT2D eigenvalue weighted by Crippen LogP contribution is -2.11. The van der Waals surface area contributed by atoms with Crippen molar-refractivity contribution >= 4 is 59.4 Å². The molecular weight excluding hydrogens is 362 g/mol. The number of amides is 1. The number of hydrogen-bond donors (Lipinski definition) is 2. The number of thiazole rings is 1. The number of fused-ring (bicyclic) bond motifs is 2. The van der Waals surface area contributed by atoms with Crippen LogP contribution in [0.5, 0.6) is 0 Å². The Labute approximate surface area is 138 Å². The number of rotatable bonds is 2. The number of aromatic nitrogens is 2. The minimum absolute atomic E-state index is 0.186. The van der Waals surface area contributed by atoms with Crippen LogP contribution in [0.15, 0.2) is 53.0 Å². The molecule has 2 N–H and O–H groups in total. The number of halogens is 1. The quantitative estimate of drug-likeness (QED) is 0.531. The summed E-state index contributed by atoms with van der Waals surface area (Å²) in [5.74, 6) is -0.186. The highest BCUT2D eigenvalue weighted by molar-refractivity contribution is 9.10. The van der Waals surface area contributed by atoms with E-state index in [1.54, 1.807) is 0 Å². The third-order valence-corrected chi connectivity index (χ3v) is 4.79. The van der Waals surface area contributed by atoms with Crippen molar-refractivity contribution in [2.24, 2.45) is 0 Å². The van der Waals surface area contributed by atoms with Crippen LogP contribution in [0.2, 0.25) is 0 Å². The normalized spacial score (nSPS) is 11.1. The van der Waals surface area contributed by atoms with E-state index in [1.807, 2.05) is 48.5 Å². The van der Waals surface area contributed by atoms with Gasteiger partial charge in [0.15, 0.2) is 5.13 Å². The Morgan fingerprint density at radius 1 is 1.18 bits per heavy atom. The molecule has 0 aliphatic heterocycles. The highest BCUT2D eigenvalue weighted by atomic mass is 79.9. The molecule has 0 unspecified atom stereocenters. The van der Waals surface area contributed by atoms with Gasteiger partial charge < -0.3 is 4.98 Å². The summed E-state index contributed by atoms with van der Waals surface area (Å²) in [6, 6.07) is 15.5. The third kappa shape index (κ3) is 2.40. The maximum Gasteiger partial charge on any atom is 0.273 e. The Morgan fingerprint density at radius 2 is 2.05 bits per heavy atom. The molecule has 0 bridgehead atoms. The molecule has 6 heteroatoms. The number of nitrogens with zero attached hydrogens (tertiary/aromatic N) is 1. The molecule has 0 aliphatic rings. The van der Waals surface area contributed by atoms with Crippen molar-refractivity contribution in [1.29, 1.82) is 0 Å². The van der Waals surface area contributed by atoms with Crippen LogP contribution < -0.4 is 5.32 Å². The van der Waals surface area contributed by atoms with Gasteiger partial charge in [-0.05, 0) is 30.3 Å². The Hall–Kier alpha value is -2.18. The Balaban J connectivity index is 1.64. The summed E-state index contributed by atoms with van der Waals surface area (Å²) >= 11 is 4.88. The first-order chi connectivity index (χ1) is 10.7. The molecule has 1 amide bonds. The van der Waals surface area contributed by atoms with Crippen LogP contribution in [0.4, 0.5) is 5.13 Å². The number of nitrogens with one attached hydrogen (secondary N) is 2. The zero-order chi connectivity index (χ0) is 15.1. The van der Waals surface area contributed by atoms with E-state index < -0.39 is 0 Å². The highest BCUT2D eigenvalue weighted by Gasteiger charge is 2.12. The minimum atomic E-state index is -0.186. The van der Waals surface area contributed by atoms with E-state index >= 15 is 0 Å². The molecule has 2 aromatic heterocycles. The largest absolute Gasteiger partial charge is 0.351 e. The Bertz CT molecular complexity index is 972. The lowest BCUT2D eigenvalue weighted by Gasteiger charge is -1.97. The smallest absolute Gasteiger partial charge is 0.273 e. The fourth-order valence-electron chi connectivity index (χ4n) is 2.31. The molecule has 108 valence electrons. The molecule has 0 atom stereocenters. The van der Waals surface area contributed by atoms with Gasteiger partial charge in [-0.25, -0.2) is 4.98 Å². The van der Waals surface area contributed by atoms with E-state index in [1.165, 1.54) is 11.3 Å². The third-order valence-electron chi connectivity index (χ3n) is 3.34. The second-order valence-corrected chi connectivity index (χ2v) is 6.80. The van der Waals surface area contributed by atoms with E-state index in [4.69, 9.17) is 0 Å². The van der Waals surface area contributed by atoms with Gasteiger partial charge in [-0.1, -0.05) is 45.5 Å². The van der Waals surface area contributed by atoms with Gasteiger partial charge in [0.2, 0.25) is 0 Å². The molecule has 0 radical (unpaired) electrons. The molecule has 0 aliphatic carbocycles. The van der Waals surface area contributed by atoms with Crippen LogP contribution in [0.3, 0.4) is 0 Å². The number of anilines is 1. The number of para-hydroxylation sites is 1. The molecule has 0 spiro atoms. The van der Waals surface area contributed by atoms with Gasteiger partial charge in [-0.2, -0.15) is 0 Å². The van der Waals surface area contributed by atoms with Crippen LogP contribution in [0.25, 0.3) is 21.1 Å². The van der Waals surface area contributed by atoms with Crippen LogP contribution in [0, 0.1) is 0 Å². The molecule has 0 saturated heterocycles. The van der Waals surface area contributed by atoms with Crippen molar-refractivity contribution in [3.63, 3.8) is 0 Å². The first-order valence-electron chi connectivity index (χ1n) is 6.64. The summed E-state index contributed by atoms with van der Waals surface area (Å²) in [4.78, 5) is 19.9. The fourth-order valence-corrected chi connectivity index (χ4v) is 3.50. The van der Waals surface area contributed by atoms with Gasteiger partial charge in [-0.3, -0.25) is 10.1 Å². The van der Waals surface area contributed by atoms with E-state index in [-0.39, 0.29) is 5.91 Å². The standard InChI is InChI=1S/C16H10BrN3OS/c17-10-5-6-14-12(8-10)19-16(22-14)20-15(21)13-7-9-3-1-2-4-11(9)18-13/h1-8,18H,(H,19,20,21). The van der Waals surface area contributed by atoms with Gasteiger partial charge in [0.1, 0.15) is 5.69 Å². The first-order valence-corrected chi connectivity index (χ1v) is 8.25. The second-order valence-electron chi connectivity index (χ2n) is 4.86. The second kappa shape index (κ2) is 5.23. The average Bonchev–Trinajstić information content (AvgIpc) is 3.09. The van der Waals surface area contributed by atoms with Crippen molar-refractivity contribution in [3.05, 3.63) is 58.7 Å². The zero-order valence-corrected chi connectivity index (χ0v) is 13.7. The molecule has 2 heterocycles. The number of benzene rings is 2. The Kier molecular flexibility index (Phi) is 3.20. The van der Waals surface area contributed by atoms with E-state index in [9.17, 15) is 4.79 Å². The molecule has 4 rings (SSSR count). The van der Waals surface area contributed by atoms with Gasteiger partial charge >= 0.3 is 0 Å². The van der Waals surface area contributed by atoms with Crippen LogP contribution >= 0.6 is 27.3 Å². The van der Waals surface area contributed by atoms with Crippen molar-refractivity contribution in [3.8, 4) is 0 Å². The summed E-state index contributed by atoms with van der Waals surface area (Å²) in [6.07, 6.45) is 0. The van der Waals surface area contributed by atoms with Gasteiger partial charge in [0, 0.05) is 15.4 Å². The van der Waals surface area contributed by atoms with E-state index in [2.05, 4.69) is 31.2 Å². The summed E-state index contributed by atoms with van der Waals surface area (Å²) in [5, 5.41) is 4.46. The maximum atomic E-state index is 12.3. The molecule has 2 aromatic carbocycles. The number of carbonyl (C=O) groups excluding carboxylic acids is 1. The van der Waals surface area contributed by atoms with Crippen LogP contribution in [0.1, 0.15) is 10.5 Å². The van der Waals surface area contributed by atoms with Crippen molar-refractivity contribution < 1.29 is 4.79 Å². The molecule has 0 fully saturated rings. The first kappa shape index (κ1) is 13.5. The van der Waals surface area contributed by atoms with Crippen LogP contribution in [-0.4, -0.2) is 15.9 Å². The van der Waals surface area contributed by atoms with Gasteiger partial charge in [0.25, 0.3) is 5.91 Å². The molecule has 0 saturated carbocycles. The van der Waals surface area contributed by atoms with E-state index in [0.717, 1.165) is 25.6 Å². The number of aromatic amines is 1. The molecule has 22 heavy (non-hydrogen) atoms. The summed E-state index contributed by atoms with van der Waals surface area (Å²) in [5.41, 5.74) is 2.34. The van der Waals surface area contributed by atoms with Crippen molar-refractivity contribution in [1.82, 2.24) is 9.97 Å². The van der Waals surface area contributed by atoms with Gasteiger partial charge in [-0.15, -0.1) is 0 Å². The van der Waals surface area contributed by atoms with Crippen molar-refractivity contribution in [2.45, 2.75) is 0 Å². The predicted octanol–water partition coefficient (Wildman–Crippen LogP) is 4.79. The topological polar surface area (TPSA) is 57.8 Å². The van der Waals surface area contributed by atoms with Gasteiger partial charge in [0.05, 0.1) is 10.2 Å². The molecular formula is C16H10BrN3OS. The van der Waals surface area contributed by atoms with E-state index in [0.29, 0.717) is 10.8 Å². The molecule has 4 nitrogen and oxygen atoms in total. The number of hydrogen-bond acceptors (Lipinski definition) is 3. The zero-order valence-electron chi connectivity index (χ0n) is 11.3. The summed E-state index contributed by atoms with van der Waals surface area (Å²) < 4.78 is 2.01. The number of carbonyl (C=O) groups is 1. The lowest BCUT2D eigenvalue weighted by molar-refractivity contribution is 0.102.